The maximum absolute atomic E-state index is 18.1. The van der Waals surface area contributed by atoms with Gasteiger partial charge in [-0.1, -0.05) is 274 Å². The molecule has 0 aromatic heterocycles. The van der Waals surface area contributed by atoms with Crippen LogP contribution in [-0.4, -0.2) is 0 Å². The third-order valence-electron chi connectivity index (χ3n) is 18.7. The van der Waals surface area contributed by atoms with Gasteiger partial charge in [0.05, 0.1) is 56.1 Å². The van der Waals surface area contributed by atoms with E-state index in [4.69, 9.17) is 6.58 Å². The molecule has 474 valence electrons. The normalized spacial score (nSPS) is 15.2. The molecule has 0 spiro atoms. The Kier molecular flexibility index (Phi) is 16.6. The van der Waals surface area contributed by atoms with Gasteiger partial charge in [0.25, 0.3) is 0 Å². The molecular weight excluding hydrogens is 1240 g/mol. The lowest BCUT2D eigenvalue weighted by molar-refractivity contribution is 0.581. The fourth-order valence-corrected chi connectivity index (χ4v) is 19.9. The van der Waals surface area contributed by atoms with Crippen molar-refractivity contribution in [3.8, 4) is 89.0 Å². The van der Waals surface area contributed by atoms with E-state index in [0.29, 0.717) is 27.7 Å². The summed E-state index contributed by atoms with van der Waals surface area (Å²) in [7, 11) is -8.23. The van der Waals surface area contributed by atoms with Gasteiger partial charge in [0, 0.05) is 0 Å². The van der Waals surface area contributed by atoms with Crippen LogP contribution >= 0.6 is 14.9 Å². The smallest absolute Gasteiger partial charge is 0.270 e. The van der Waals surface area contributed by atoms with Crippen molar-refractivity contribution in [2.75, 3.05) is 18.7 Å². The molecule has 16 rings (SSSR count). The van der Waals surface area contributed by atoms with Crippen LogP contribution in [0.3, 0.4) is 0 Å². The summed E-state index contributed by atoms with van der Waals surface area (Å²) in [6.45, 7) is 6.86. The van der Waals surface area contributed by atoms with Crippen LogP contribution < -0.4 is 29.3 Å². The first-order valence-electron chi connectivity index (χ1n) is 33.4. The Bertz CT molecular complexity index is 5360. The van der Waals surface area contributed by atoms with Crippen LogP contribution in [0.25, 0.3) is 89.0 Å². The van der Waals surface area contributed by atoms with Crippen molar-refractivity contribution in [2.45, 2.75) is 6.92 Å². The van der Waals surface area contributed by atoms with E-state index >= 15 is 9.13 Å². The van der Waals surface area contributed by atoms with Crippen LogP contribution in [0.2, 0.25) is 0 Å². The topological polar surface area (TPSA) is 47.1 Å². The second-order valence-electron chi connectivity index (χ2n) is 24.9. The van der Waals surface area contributed by atoms with E-state index in [1.54, 1.807) is 0 Å². The van der Waals surface area contributed by atoms with Crippen molar-refractivity contribution in [3.05, 3.63) is 400 Å². The lowest BCUT2D eigenvalue weighted by atomic mass is 9.99. The minimum Gasteiger partial charge on any atom is -0.270 e. The summed E-state index contributed by atoms with van der Waals surface area (Å²) in [4.78, 5) is 0. The molecule has 1 saturated heterocycles. The largest absolute Gasteiger partial charge is 0.301 e. The summed E-state index contributed by atoms with van der Waals surface area (Å²) >= 11 is 0. The van der Waals surface area contributed by atoms with Crippen LogP contribution in [0, 0.1) is 0 Å². The zero-order chi connectivity index (χ0) is 66.9. The number of hydrogen-bond acceptors (Lipinski definition) is 2. The van der Waals surface area contributed by atoms with Gasteiger partial charge >= 0.3 is 14.9 Å². The highest BCUT2D eigenvalue weighted by atomic mass is 31.2. The van der Waals surface area contributed by atoms with Crippen molar-refractivity contribution in [3.63, 3.8) is 0 Å². The van der Waals surface area contributed by atoms with E-state index in [0.717, 1.165) is 117 Å². The van der Waals surface area contributed by atoms with E-state index < -0.39 is 14.9 Å². The molecule has 6 nitrogen and oxygen atoms in total. The maximum atomic E-state index is 18.1. The Morgan fingerprint density at radius 2 is 0.485 bits per heavy atom. The number of benzene rings is 14. The fourth-order valence-electron chi connectivity index (χ4n) is 14.0. The molecule has 0 amide bonds. The van der Waals surface area contributed by atoms with Crippen LogP contribution in [0.15, 0.2) is 400 Å². The first kappa shape index (κ1) is 61.8. The van der Waals surface area contributed by atoms with Crippen LogP contribution in [0.4, 0.5) is 34.1 Å². The first-order valence-corrected chi connectivity index (χ1v) is 36.6. The first-order chi connectivity index (χ1) is 48.7. The third-order valence-corrected chi connectivity index (χ3v) is 24.7. The van der Waals surface area contributed by atoms with E-state index in [1.165, 1.54) is 0 Å². The van der Waals surface area contributed by atoms with E-state index in [2.05, 4.69) is 288 Å². The molecule has 0 aliphatic carbocycles. The third kappa shape index (κ3) is 11.6. The number of hydrogen-bond donors (Lipinski definition) is 0. The second-order valence-corrected chi connectivity index (χ2v) is 29.7. The molecule has 8 heteroatoms. The molecule has 99 heavy (non-hydrogen) atoms. The predicted octanol–water partition coefficient (Wildman–Crippen LogP) is 24.6. The lowest BCUT2D eigenvalue weighted by Gasteiger charge is -2.35. The van der Waals surface area contributed by atoms with Gasteiger partial charge in [-0.3, -0.25) is 27.8 Å². The summed E-state index contributed by atoms with van der Waals surface area (Å²) < 4.78 is 44.3. The SMILES string of the molecule is C=C1C(=CC=CC)N(c2cccc(-c3cccc(-c4ccccc4)c3)c2)P(=O)(c2ccc(P3(=O)N(c4cccc(-c5cccc(-c6ccccc6)c5)c4)c4ccccc4N3c3cccc(-c4cccc(-c5ccccc5)c4)c3)cc2)N1c1cccc(-c2cccc(-c3ccccc3)c2)c1. The summed E-state index contributed by atoms with van der Waals surface area (Å²) in [5.74, 6) is 0. The molecule has 14 aromatic carbocycles. The van der Waals surface area contributed by atoms with Crippen LogP contribution in [0.5, 0.6) is 0 Å². The van der Waals surface area contributed by atoms with Gasteiger partial charge in [-0.15, -0.1) is 0 Å². The summed E-state index contributed by atoms with van der Waals surface area (Å²) in [6.07, 6.45) is 5.98. The molecule has 0 bridgehead atoms. The van der Waals surface area contributed by atoms with Gasteiger partial charge in [-0.2, -0.15) is 0 Å². The van der Waals surface area contributed by atoms with Crippen molar-refractivity contribution >= 4 is 59.6 Å². The van der Waals surface area contributed by atoms with Gasteiger partial charge in [0.1, 0.15) is 0 Å². The number of para-hydroxylation sites is 2. The number of nitrogens with zero attached hydrogens (tertiary/aromatic N) is 4. The average molecular weight is 1310 g/mol. The van der Waals surface area contributed by atoms with Gasteiger partial charge in [0.2, 0.25) is 0 Å². The predicted molar refractivity (Wildman–Crippen MR) is 418 cm³/mol. The van der Waals surface area contributed by atoms with E-state index in [9.17, 15) is 0 Å². The van der Waals surface area contributed by atoms with Crippen LogP contribution in [-0.2, 0) is 9.13 Å². The number of anilines is 6. The Morgan fingerprint density at radius 1 is 0.253 bits per heavy atom. The van der Waals surface area contributed by atoms with Crippen molar-refractivity contribution in [1.29, 1.82) is 0 Å². The highest BCUT2D eigenvalue weighted by molar-refractivity contribution is 7.76. The van der Waals surface area contributed by atoms with Gasteiger partial charge in [-0.25, -0.2) is 0 Å². The molecule has 2 aliphatic rings. The molecular formula is C91H68N4O2P2. The van der Waals surface area contributed by atoms with Crippen LogP contribution in [0.1, 0.15) is 6.92 Å². The molecule has 1 unspecified atom stereocenters. The summed E-state index contributed by atoms with van der Waals surface area (Å²) in [5.41, 5.74) is 22.6. The highest BCUT2D eigenvalue weighted by Crippen LogP contribution is 2.71. The van der Waals surface area contributed by atoms with E-state index in [-0.39, 0.29) is 0 Å². The monoisotopic (exact) mass is 1310 g/mol. The summed E-state index contributed by atoms with van der Waals surface area (Å²) in [6, 6.07) is 125. The highest BCUT2D eigenvalue weighted by Gasteiger charge is 2.53. The Hall–Kier alpha value is -12.0. The van der Waals surface area contributed by atoms with Gasteiger partial charge in [-0.05, 0) is 211 Å². The van der Waals surface area contributed by atoms with Crippen molar-refractivity contribution in [2.24, 2.45) is 0 Å². The van der Waals surface area contributed by atoms with Crippen molar-refractivity contribution in [1.82, 2.24) is 0 Å². The standard InChI is InChI=1S/C91H68N4O2P2/c1-3-4-51-89-66(2)92(83-47-23-43-79(62-83)75-39-19-35-71(58-75)67-27-9-5-10-28-67)98(96,93(89)84-48-24-44-80(63-84)76-40-20-36-72(59-76)68-29-11-6-12-30-68)87-54-56-88(57-55-87)99(97)94(85-49-25-45-81(64-85)77-41-21-37-73(60-77)69-31-13-7-14-32-69)90-52-17-18-53-91(90)95(99)86-50-26-46-82(65-86)78-42-22-38-74(61-78)70-33-15-8-16-34-70/h3-65H,2H2,1H3. The fraction of sp³-hybridized carbons (Fsp3) is 0.0110. The molecule has 2 aliphatic heterocycles. The van der Waals surface area contributed by atoms with E-state index in [1.807, 2.05) is 119 Å². The molecule has 0 N–H and O–H groups in total. The van der Waals surface area contributed by atoms with Crippen molar-refractivity contribution < 1.29 is 9.13 Å². The molecule has 0 radical (unpaired) electrons. The van der Waals surface area contributed by atoms with Gasteiger partial charge in [0.15, 0.2) is 0 Å². The maximum Gasteiger partial charge on any atom is 0.301 e. The molecule has 14 aromatic rings. The summed E-state index contributed by atoms with van der Waals surface area (Å²) in [5, 5.41) is 1.06. The minimum absolute atomic E-state index is 0.520. The molecule has 2 heterocycles. The molecule has 0 saturated carbocycles. The molecule has 1 atom stereocenters. The quantitative estimate of drug-likeness (QED) is 0.0954. The number of fused-ring (bicyclic) bond motifs is 1. The second kappa shape index (κ2) is 26.5. The average Bonchev–Trinajstić information content (AvgIpc) is 1.56. The van der Waals surface area contributed by atoms with Gasteiger partial charge < -0.3 is 0 Å². The lowest BCUT2D eigenvalue weighted by Crippen LogP contribution is -2.30. The molecule has 1 fully saturated rings. The Balaban J connectivity index is 0.877. The zero-order valence-corrected chi connectivity index (χ0v) is 56.4. The number of allylic oxidation sites excluding steroid dienone is 3. The number of rotatable bonds is 15. The Morgan fingerprint density at radius 3 is 0.788 bits per heavy atom. The minimum atomic E-state index is -4.14. The zero-order valence-electron chi connectivity index (χ0n) is 54.6. The Labute approximate surface area is 579 Å².